The summed E-state index contributed by atoms with van der Waals surface area (Å²) in [7, 11) is 0. The quantitative estimate of drug-likeness (QED) is 0.860. The molecule has 3 heterocycles. The summed E-state index contributed by atoms with van der Waals surface area (Å²) < 4.78 is 10.7. The summed E-state index contributed by atoms with van der Waals surface area (Å²) in [6.07, 6.45) is 2.19. The summed E-state index contributed by atoms with van der Waals surface area (Å²) >= 11 is 0. The summed E-state index contributed by atoms with van der Waals surface area (Å²) in [4.78, 5) is 21.0. The van der Waals surface area contributed by atoms with Gasteiger partial charge >= 0.3 is 0 Å². The van der Waals surface area contributed by atoms with Crippen molar-refractivity contribution in [1.29, 1.82) is 0 Å². The molecule has 24 heavy (non-hydrogen) atoms. The monoisotopic (exact) mass is 325 g/mol. The van der Waals surface area contributed by atoms with Crippen molar-refractivity contribution in [2.45, 2.75) is 6.42 Å². The van der Waals surface area contributed by atoms with Crippen LogP contribution in [0.4, 0.5) is 5.82 Å². The number of nitrogens with zero attached hydrogens (tertiary/aromatic N) is 3. The molecule has 0 spiro atoms. The summed E-state index contributed by atoms with van der Waals surface area (Å²) in [6.45, 7) is 3.32. The highest BCUT2D eigenvalue weighted by atomic mass is 16.7. The van der Waals surface area contributed by atoms with Gasteiger partial charge in [-0.25, -0.2) is 4.98 Å². The maximum absolute atomic E-state index is 12.5. The first kappa shape index (κ1) is 14.8. The fraction of sp³-hybridized carbons (Fsp3) is 0.333. The lowest BCUT2D eigenvalue weighted by molar-refractivity contribution is -0.130. The predicted octanol–water partition coefficient (Wildman–Crippen LogP) is 1.70. The standard InChI is InChI=1S/C18H19N3O3/c22-18(12-14-4-5-15-16(11-14)24-13-23-15)21-9-7-20(8-10-21)17-3-1-2-6-19-17/h1-6,11H,7-10,12-13H2. The van der Waals surface area contributed by atoms with E-state index in [0.29, 0.717) is 6.42 Å². The van der Waals surface area contributed by atoms with Crippen LogP contribution in [0.5, 0.6) is 11.5 Å². The van der Waals surface area contributed by atoms with Crippen LogP contribution in [0, 0.1) is 0 Å². The number of benzene rings is 1. The number of carbonyl (C=O) groups excluding carboxylic acids is 1. The molecular formula is C18H19N3O3. The van der Waals surface area contributed by atoms with Crippen LogP contribution in [-0.4, -0.2) is 48.8 Å². The number of ether oxygens (including phenoxy) is 2. The van der Waals surface area contributed by atoms with E-state index in [1.165, 1.54) is 0 Å². The fourth-order valence-corrected chi connectivity index (χ4v) is 3.06. The lowest BCUT2D eigenvalue weighted by Crippen LogP contribution is -2.49. The lowest BCUT2D eigenvalue weighted by atomic mass is 10.1. The Bertz CT molecular complexity index is 728. The second-order valence-electron chi connectivity index (χ2n) is 5.92. The van der Waals surface area contributed by atoms with Crippen molar-refractivity contribution in [2.75, 3.05) is 37.9 Å². The molecule has 6 nitrogen and oxygen atoms in total. The van der Waals surface area contributed by atoms with Gasteiger partial charge in [0.2, 0.25) is 12.7 Å². The third-order valence-corrected chi connectivity index (χ3v) is 4.40. The summed E-state index contributed by atoms with van der Waals surface area (Å²) in [6, 6.07) is 11.6. The Morgan fingerprint density at radius 1 is 1.04 bits per heavy atom. The second kappa shape index (κ2) is 6.39. The van der Waals surface area contributed by atoms with Crippen LogP contribution in [0.3, 0.4) is 0 Å². The molecule has 124 valence electrons. The molecule has 2 aliphatic heterocycles. The molecule has 0 unspecified atom stereocenters. The van der Waals surface area contributed by atoms with Crippen molar-refractivity contribution in [3.63, 3.8) is 0 Å². The number of hydrogen-bond acceptors (Lipinski definition) is 5. The number of amides is 1. The first-order valence-corrected chi connectivity index (χ1v) is 8.12. The van der Waals surface area contributed by atoms with Crippen LogP contribution in [0.15, 0.2) is 42.6 Å². The molecule has 1 amide bonds. The number of aromatic nitrogens is 1. The normalized spacial score (nSPS) is 16.3. The lowest BCUT2D eigenvalue weighted by Gasteiger charge is -2.35. The Balaban J connectivity index is 1.35. The minimum absolute atomic E-state index is 0.148. The van der Waals surface area contributed by atoms with Gasteiger partial charge in [0, 0.05) is 32.4 Å². The third-order valence-electron chi connectivity index (χ3n) is 4.40. The topological polar surface area (TPSA) is 54.9 Å². The Morgan fingerprint density at radius 3 is 2.67 bits per heavy atom. The van der Waals surface area contributed by atoms with Gasteiger partial charge in [0.15, 0.2) is 11.5 Å². The highest BCUT2D eigenvalue weighted by Crippen LogP contribution is 2.32. The van der Waals surface area contributed by atoms with Gasteiger partial charge in [-0.2, -0.15) is 0 Å². The van der Waals surface area contributed by atoms with Gasteiger partial charge < -0.3 is 19.3 Å². The van der Waals surface area contributed by atoms with E-state index in [2.05, 4.69) is 9.88 Å². The van der Waals surface area contributed by atoms with E-state index in [-0.39, 0.29) is 12.7 Å². The average Bonchev–Trinajstić information content (AvgIpc) is 3.10. The number of pyridine rings is 1. The number of piperazine rings is 1. The van der Waals surface area contributed by atoms with Crippen molar-refractivity contribution in [1.82, 2.24) is 9.88 Å². The zero-order valence-electron chi connectivity index (χ0n) is 13.4. The molecule has 1 fully saturated rings. The van der Waals surface area contributed by atoms with Crippen LogP contribution in [-0.2, 0) is 11.2 Å². The fourth-order valence-electron chi connectivity index (χ4n) is 3.06. The molecule has 0 radical (unpaired) electrons. The molecule has 4 rings (SSSR count). The third kappa shape index (κ3) is 2.99. The average molecular weight is 325 g/mol. The van der Waals surface area contributed by atoms with Gasteiger partial charge in [-0.05, 0) is 29.8 Å². The molecule has 0 aliphatic carbocycles. The first-order chi connectivity index (χ1) is 11.8. The van der Waals surface area contributed by atoms with Gasteiger partial charge in [-0.15, -0.1) is 0 Å². The van der Waals surface area contributed by atoms with Gasteiger partial charge in [0.25, 0.3) is 0 Å². The van der Waals surface area contributed by atoms with Crippen molar-refractivity contribution in [3.05, 3.63) is 48.2 Å². The van der Waals surface area contributed by atoms with E-state index < -0.39 is 0 Å². The molecule has 0 N–H and O–H groups in total. The molecule has 1 aromatic heterocycles. The summed E-state index contributed by atoms with van der Waals surface area (Å²) in [5, 5.41) is 0. The van der Waals surface area contributed by atoms with E-state index in [1.807, 2.05) is 41.3 Å². The molecule has 0 atom stereocenters. The smallest absolute Gasteiger partial charge is 0.231 e. The van der Waals surface area contributed by atoms with Crippen molar-refractivity contribution in [2.24, 2.45) is 0 Å². The maximum Gasteiger partial charge on any atom is 0.231 e. The highest BCUT2D eigenvalue weighted by molar-refractivity contribution is 5.79. The van der Waals surface area contributed by atoms with Crippen LogP contribution >= 0.6 is 0 Å². The first-order valence-electron chi connectivity index (χ1n) is 8.12. The van der Waals surface area contributed by atoms with Crippen molar-refractivity contribution < 1.29 is 14.3 Å². The molecule has 2 aromatic rings. The van der Waals surface area contributed by atoms with Crippen LogP contribution in [0.1, 0.15) is 5.56 Å². The van der Waals surface area contributed by atoms with Gasteiger partial charge in [-0.3, -0.25) is 4.79 Å². The number of fused-ring (bicyclic) bond motifs is 1. The van der Waals surface area contributed by atoms with E-state index in [9.17, 15) is 4.79 Å². The minimum Gasteiger partial charge on any atom is -0.454 e. The van der Waals surface area contributed by atoms with E-state index >= 15 is 0 Å². The number of rotatable bonds is 3. The second-order valence-corrected chi connectivity index (χ2v) is 5.92. The van der Waals surface area contributed by atoms with E-state index in [4.69, 9.17) is 9.47 Å². The van der Waals surface area contributed by atoms with E-state index in [1.54, 1.807) is 6.20 Å². The molecular weight excluding hydrogens is 306 g/mol. The van der Waals surface area contributed by atoms with E-state index in [0.717, 1.165) is 49.1 Å². The van der Waals surface area contributed by atoms with Gasteiger partial charge in [-0.1, -0.05) is 12.1 Å². The Kier molecular flexibility index (Phi) is 3.94. The largest absolute Gasteiger partial charge is 0.454 e. The Labute approximate surface area is 140 Å². The Morgan fingerprint density at radius 2 is 1.88 bits per heavy atom. The Hall–Kier alpha value is -2.76. The molecule has 0 saturated carbocycles. The summed E-state index contributed by atoms with van der Waals surface area (Å²) in [5.74, 6) is 2.59. The van der Waals surface area contributed by atoms with Crippen LogP contribution in [0.2, 0.25) is 0 Å². The van der Waals surface area contributed by atoms with Crippen molar-refractivity contribution >= 4 is 11.7 Å². The number of carbonyl (C=O) groups is 1. The maximum atomic E-state index is 12.5. The number of anilines is 1. The molecule has 1 saturated heterocycles. The highest BCUT2D eigenvalue weighted by Gasteiger charge is 2.22. The predicted molar refractivity (Wildman–Crippen MR) is 89.3 cm³/mol. The van der Waals surface area contributed by atoms with Gasteiger partial charge in [0.05, 0.1) is 6.42 Å². The molecule has 6 heteroatoms. The zero-order valence-corrected chi connectivity index (χ0v) is 13.4. The molecule has 2 aliphatic rings. The SMILES string of the molecule is O=C(Cc1ccc2c(c1)OCO2)N1CCN(c2ccccn2)CC1. The zero-order chi connectivity index (χ0) is 16.4. The van der Waals surface area contributed by atoms with Gasteiger partial charge in [0.1, 0.15) is 5.82 Å². The summed E-state index contributed by atoms with van der Waals surface area (Å²) in [5.41, 5.74) is 0.955. The van der Waals surface area contributed by atoms with Crippen LogP contribution < -0.4 is 14.4 Å². The molecule has 0 bridgehead atoms. The van der Waals surface area contributed by atoms with Crippen molar-refractivity contribution in [3.8, 4) is 11.5 Å². The minimum atomic E-state index is 0.148. The number of hydrogen-bond donors (Lipinski definition) is 0. The molecule has 1 aromatic carbocycles. The van der Waals surface area contributed by atoms with Crippen LogP contribution in [0.25, 0.3) is 0 Å².